The van der Waals surface area contributed by atoms with Gasteiger partial charge in [-0.2, -0.15) is 12.6 Å². The van der Waals surface area contributed by atoms with Crippen LogP contribution >= 0.6 is 12.6 Å². The Bertz CT molecular complexity index is 483. The van der Waals surface area contributed by atoms with E-state index in [2.05, 4.69) is 23.3 Å². The zero-order valence-corrected chi connectivity index (χ0v) is 11.1. The molecule has 7 heteroatoms. The normalized spacial score (nSPS) is 11.8. The highest BCUT2D eigenvalue weighted by Crippen LogP contribution is 2.09. The zero-order chi connectivity index (χ0) is 14.4. The molecule has 2 amide bonds. The number of benzene rings is 1. The quantitative estimate of drug-likeness (QED) is 0.708. The highest BCUT2D eigenvalue weighted by molar-refractivity contribution is 7.80. The van der Waals surface area contributed by atoms with Gasteiger partial charge in [0.2, 0.25) is 11.8 Å². The van der Waals surface area contributed by atoms with E-state index in [0.29, 0.717) is 0 Å². The Morgan fingerprint density at radius 3 is 2.58 bits per heavy atom. The van der Waals surface area contributed by atoms with Gasteiger partial charge in [-0.15, -0.1) is 0 Å². The molecule has 1 rings (SSSR count). The van der Waals surface area contributed by atoms with E-state index in [9.17, 15) is 18.4 Å². The summed E-state index contributed by atoms with van der Waals surface area (Å²) in [5.74, 6) is -2.13. The maximum absolute atomic E-state index is 13.3. The molecule has 0 aromatic heterocycles. The Morgan fingerprint density at radius 2 is 2.05 bits per heavy atom. The predicted molar refractivity (Wildman–Crippen MR) is 69.7 cm³/mol. The molecule has 0 aliphatic rings. The number of carbonyl (C=O) groups excluding carboxylic acids is 2. The van der Waals surface area contributed by atoms with Crippen LogP contribution in [0.15, 0.2) is 18.2 Å². The minimum absolute atomic E-state index is 0.0885. The standard InChI is InChI=1S/C12H14F2N2O2S/c1-7(17)16-11(6-19)12(18)15-5-8-2-3-9(13)4-10(8)14/h2-4,11,19H,5-6H2,1H3,(H,15,18)(H,16,17). The van der Waals surface area contributed by atoms with E-state index in [1.54, 1.807) is 0 Å². The lowest BCUT2D eigenvalue weighted by Gasteiger charge is -2.15. The molecule has 1 aromatic rings. The molecule has 0 heterocycles. The lowest BCUT2D eigenvalue weighted by molar-refractivity contribution is -0.127. The van der Waals surface area contributed by atoms with E-state index < -0.39 is 23.6 Å². The molecule has 1 atom stereocenters. The number of carbonyl (C=O) groups is 2. The summed E-state index contributed by atoms with van der Waals surface area (Å²) >= 11 is 3.94. The highest BCUT2D eigenvalue weighted by Gasteiger charge is 2.17. The van der Waals surface area contributed by atoms with Crippen LogP contribution in [-0.4, -0.2) is 23.6 Å². The van der Waals surface area contributed by atoms with Gasteiger partial charge in [-0.1, -0.05) is 6.07 Å². The lowest BCUT2D eigenvalue weighted by atomic mass is 10.2. The van der Waals surface area contributed by atoms with Gasteiger partial charge in [0.05, 0.1) is 0 Å². The van der Waals surface area contributed by atoms with Crippen molar-refractivity contribution in [3.8, 4) is 0 Å². The number of thiol groups is 1. The van der Waals surface area contributed by atoms with Crippen molar-refractivity contribution in [3.05, 3.63) is 35.4 Å². The monoisotopic (exact) mass is 288 g/mol. The van der Waals surface area contributed by atoms with Crippen molar-refractivity contribution in [2.45, 2.75) is 19.5 Å². The highest BCUT2D eigenvalue weighted by atomic mass is 32.1. The molecule has 0 saturated heterocycles. The number of hydrogen-bond donors (Lipinski definition) is 3. The second-order valence-electron chi connectivity index (χ2n) is 3.89. The Hall–Kier alpha value is -1.63. The van der Waals surface area contributed by atoms with Crippen molar-refractivity contribution in [1.82, 2.24) is 10.6 Å². The second-order valence-corrected chi connectivity index (χ2v) is 4.25. The summed E-state index contributed by atoms with van der Waals surface area (Å²) in [5, 5.41) is 4.86. The Balaban J connectivity index is 2.60. The molecule has 0 radical (unpaired) electrons. The molecular weight excluding hydrogens is 274 g/mol. The van der Waals surface area contributed by atoms with Crippen LogP contribution in [0.25, 0.3) is 0 Å². The van der Waals surface area contributed by atoms with Crippen molar-refractivity contribution in [2.24, 2.45) is 0 Å². The van der Waals surface area contributed by atoms with Crippen molar-refractivity contribution >= 4 is 24.4 Å². The first-order valence-electron chi connectivity index (χ1n) is 5.53. The van der Waals surface area contributed by atoms with Crippen LogP contribution in [0.5, 0.6) is 0 Å². The fraction of sp³-hybridized carbons (Fsp3) is 0.333. The maximum atomic E-state index is 13.3. The minimum atomic E-state index is -0.788. The molecule has 1 aromatic carbocycles. The van der Waals surface area contributed by atoms with Crippen LogP contribution in [0.4, 0.5) is 8.78 Å². The van der Waals surface area contributed by atoms with E-state index >= 15 is 0 Å². The van der Waals surface area contributed by atoms with Crippen LogP contribution in [0.1, 0.15) is 12.5 Å². The summed E-state index contributed by atoms with van der Waals surface area (Å²) in [4.78, 5) is 22.5. The lowest BCUT2D eigenvalue weighted by Crippen LogP contribution is -2.47. The molecule has 19 heavy (non-hydrogen) atoms. The van der Waals surface area contributed by atoms with E-state index in [1.807, 2.05) is 0 Å². The largest absolute Gasteiger partial charge is 0.350 e. The molecule has 104 valence electrons. The smallest absolute Gasteiger partial charge is 0.243 e. The second kappa shape index (κ2) is 7.08. The van der Waals surface area contributed by atoms with Gasteiger partial charge in [0.15, 0.2) is 0 Å². The SMILES string of the molecule is CC(=O)NC(CS)C(=O)NCc1ccc(F)cc1F. The van der Waals surface area contributed by atoms with Gasteiger partial charge >= 0.3 is 0 Å². The number of hydrogen-bond acceptors (Lipinski definition) is 3. The fourth-order valence-corrected chi connectivity index (χ4v) is 1.67. The van der Waals surface area contributed by atoms with E-state index in [0.717, 1.165) is 12.1 Å². The maximum Gasteiger partial charge on any atom is 0.243 e. The molecule has 1 unspecified atom stereocenters. The Labute approximate surface area is 115 Å². The minimum Gasteiger partial charge on any atom is -0.350 e. The van der Waals surface area contributed by atoms with Crippen LogP contribution < -0.4 is 10.6 Å². The Morgan fingerprint density at radius 1 is 1.37 bits per heavy atom. The summed E-state index contributed by atoms with van der Waals surface area (Å²) in [6, 6.07) is 2.31. The molecule has 2 N–H and O–H groups in total. The average Bonchev–Trinajstić information content (AvgIpc) is 2.34. The first-order valence-corrected chi connectivity index (χ1v) is 6.17. The molecule has 0 spiro atoms. The van der Waals surface area contributed by atoms with Crippen LogP contribution in [-0.2, 0) is 16.1 Å². The van der Waals surface area contributed by atoms with E-state index in [-0.39, 0.29) is 23.8 Å². The van der Waals surface area contributed by atoms with Gasteiger partial charge in [-0.25, -0.2) is 8.78 Å². The molecule has 0 saturated carbocycles. The number of amides is 2. The molecule has 0 aliphatic heterocycles. The molecule has 4 nitrogen and oxygen atoms in total. The average molecular weight is 288 g/mol. The first-order chi connectivity index (χ1) is 8.93. The summed E-state index contributed by atoms with van der Waals surface area (Å²) in [7, 11) is 0. The molecule has 0 aliphatic carbocycles. The third-order valence-electron chi connectivity index (χ3n) is 2.34. The third-order valence-corrected chi connectivity index (χ3v) is 2.71. The van der Waals surface area contributed by atoms with Gasteiger partial charge in [0, 0.05) is 30.9 Å². The van der Waals surface area contributed by atoms with Crippen LogP contribution in [0, 0.1) is 11.6 Å². The molecule has 0 fully saturated rings. The van der Waals surface area contributed by atoms with Crippen molar-refractivity contribution < 1.29 is 18.4 Å². The number of nitrogens with one attached hydrogen (secondary N) is 2. The zero-order valence-electron chi connectivity index (χ0n) is 10.2. The molecule has 0 bridgehead atoms. The van der Waals surface area contributed by atoms with Crippen molar-refractivity contribution in [1.29, 1.82) is 0 Å². The van der Waals surface area contributed by atoms with Crippen molar-refractivity contribution in [2.75, 3.05) is 5.75 Å². The summed E-state index contributed by atoms with van der Waals surface area (Å²) in [5.41, 5.74) is 0.162. The summed E-state index contributed by atoms with van der Waals surface area (Å²) < 4.78 is 26.0. The van der Waals surface area contributed by atoms with Gasteiger partial charge < -0.3 is 10.6 Å². The van der Waals surface area contributed by atoms with Crippen LogP contribution in [0.2, 0.25) is 0 Å². The topological polar surface area (TPSA) is 58.2 Å². The van der Waals surface area contributed by atoms with Gasteiger partial charge in [0.25, 0.3) is 0 Å². The summed E-state index contributed by atoms with van der Waals surface area (Å²) in [6.07, 6.45) is 0. The molecular formula is C12H14F2N2O2S. The fourth-order valence-electron chi connectivity index (χ4n) is 1.41. The van der Waals surface area contributed by atoms with E-state index in [1.165, 1.54) is 13.0 Å². The number of rotatable bonds is 5. The Kier molecular flexibility index (Phi) is 5.75. The predicted octanol–water partition coefficient (Wildman–Crippen LogP) is 1.02. The van der Waals surface area contributed by atoms with Crippen molar-refractivity contribution in [3.63, 3.8) is 0 Å². The first kappa shape index (κ1) is 15.4. The van der Waals surface area contributed by atoms with Gasteiger partial charge in [-0.3, -0.25) is 9.59 Å². The number of halogens is 2. The summed E-state index contributed by atoms with van der Waals surface area (Å²) in [6.45, 7) is 1.19. The van der Waals surface area contributed by atoms with E-state index in [4.69, 9.17) is 0 Å². The van der Waals surface area contributed by atoms with Crippen LogP contribution in [0.3, 0.4) is 0 Å². The van der Waals surface area contributed by atoms with Gasteiger partial charge in [-0.05, 0) is 6.07 Å². The van der Waals surface area contributed by atoms with Gasteiger partial charge in [0.1, 0.15) is 17.7 Å². The third kappa shape index (κ3) is 4.86.